The summed E-state index contributed by atoms with van der Waals surface area (Å²) in [7, 11) is 1.59. The number of hydrogen-bond acceptors (Lipinski definition) is 3. The van der Waals surface area contributed by atoms with Gasteiger partial charge in [-0.05, 0) is 48.5 Å². The summed E-state index contributed by atoms with van der Waals surface area (Å²) in [6.45, 7) is 0. The number of aromatic nitrogens is 1. The van der Waals surface area contributed by atoms with Crippen molar-refractivity contribution in [2.24, 2.45) is 0 Å². The second kappa shape index (κ2) is 6.27. The van der Waals surface area contributed by atoms with E-state index in [-0.39, 0.29) is 5.91 Å². The van der Waals surface area contributed by atoms with Crippen LogP contribution in [0.2, 0.25) is 0 Å². The maximum Gasteiger partial charge on any atom is 0.255 e. The summed E-state index contributed by atoms with van der Waals surface area (Å²) in [4.78, 5) is 15.5. The number of ether oxygens (including phenoxy) is 1. The summed E-state index contributed by atoms with van der Waals surface area (Å²) in [5, 5.41) is 2.85. The number of aromatic amines is 1. The van der Waals surface area contributed by atoms with Crippen LogP contribution >= 0.6 is 0 Å². The van der Waals surface area contributed by atoms with Crippen molar-refractivity contribution in [2.75, 3.05) is 18.2 Å². The molecule has 116 valence electrons. The zero-order valence-electron chi connectivity index (χ0n) is 12.7. The van der Waals surface area contributed by atoms with Crippen molar-refractivity contribution in [3.05, 3.63) is 66.4 Å². The second-order valence-electron chi connectivity index (χ2n) is 5.07. The maximum atomic E-state index is 12.3. The molecule has 0 spiro atoms. The highest BCUT2D eigenvalue weighted by molar-refractivity contribution is 6.06. The van der Waals surface area contributed by atoms with E-state index in [1.54, 1.807) is 37.4 Å². The van der Waals surface area contributed by atoms with E-state index in [1.165, 1.54) is 0 Å². The molecule has 1 aromatic heterocycles. The molecular weight excluding hydrogens is 290 g/mol. The summed E-state index contributed by atoms with van der Waals surface area (Å²) in [5.41, 5.74) is 9.52. The molecule has 0 aliphatic rings. The summed E-state index contributed by atoms with van der Waals surface area (Å²) in [6.07, 6.45) is 1.85. The summed E-state index contributed by atoms with van der Waals surface area (Å²) in [5.74, 6) is 0.484. The van der Waals surface area contributed by atoms with Gasteiger partial charge in [0.1, 0.15) is 5.75 Å². The lowest BCUT2D eigenvalue weighted by molar-refractivity contribution is 0.102. The van der Waals surface area contributed by atoms with Gasteiger partial charge in [0.2, 0.25) is 0 Å². The van der Waals surface area contributed by atoms with E-state index in [9.17, 15) is 4.79 Å². The fourth-order valence-corrected chi connectivity index (χ4v) is 2.28. The highest BCUT2D eigenvalue weighted by atomic mass is 16.5. The first kappa shape index (κ1) is 14.7. The van der Waals surface area contributed by atoms with Gasteiger partial charge in [0, 0.05) is 23.0 Å². The van der Waals surface area contributed by atoms with Crippen molar-refractivity contribution in [1.29, 1.82) is 0 Å². The standard InChI is InChI=1S/C18H17N3O2/c1-23-14-7-4-12(5-8-14)18(22)21-17-11-13(6-9-15(17)19)16-3-2-10-20-16/h2-11,20H,19H2,1H3,(H,21,22). The number of anilines is 2. The van der Waals surface area contributed by atoms with Crippen LogP contribution in [-0.2, 0) is 0 Å². The number of carbonyl (C=O) groups is 1. The molecule has 0 aliphatic carbocycles. The predicted molar refractivity (Wildman–Crippen MR) is 91.6 cm³/mol. The zero-order valence-corrected chi connectivity index (χ0v) is 12.7. The second-order valence-corrected chi connectivity index (χ2v) is 5.07. The number of amides is 1. The van der Waals surface area contributed by atoms with Crippen molar-refractivity contribution in [3.63, 3.8) is 0 Å². The minimum atomic E-state index is -0.219. The van der Waals surface area contributed by atoms with Gasteiger partial charge in [-0.15, -0.1) is 0 Å². The molecule has 3 aromatic rings. The molecule has 0 bridgehead atoms. The smallest absolute Gasteiger partial charge is 0.255 e. The van der Waals surface area contributed by atoms with Crippen molar-refractivity contribution in [2.45, 2.75) is 0 Å². The molecule has 0 saturated heterocycles. The third-order valence-corrected chi connectivity index (χ3v) is 3.56. The molecule has 0 aliphatic heterocycles. The lowest BCUT2D eigenvalue weighted by Crippen LogP contribution is -2.13. The molecule has 0 radical (unpaired) electrons. The molecule has 0 atom stereocenters. The number of nitrogens with two attached hydrogens (primary N) is 1. The minimum Gasteiger partial charge on any atom is -0.497 e. The van der Waals surface area contributed by atoms with Crippen LogP contribution in [-0.4, -0.2) is 18.0 Å². The SMILES string of the molecule is COc1ccc(C(=O)Nc2cc(-c3ccc[nH]3)ccc2N)cc1. The normalized spacial score (nSPS) is 10.3. The molecule has 1 amide bonds. The van der Waals surface area contributed by atoms with Crippen LogP contribution in [0, 0.1) is 0 Å². The molecule has 0 fully saturated rings. The van der Waals surface area contributed by atoms with Crippen LogP contribution in [0.5, 0.6) is 5.75 Å². The third kappa shape index (κ3) is 3.18. The van der Waals surface area contributed by atoms with Crippen molar-refractivity contribution in [3.8, 4) is 17.0 Å². The third-order valence-electron chi connectivity index (χ3n) is 3.56. The van der Waals surface area contributed by atoms with E-state index in [0.29, 0.717) is 22.7 Å². The predicted octanol–water partition coefficient (Wildman–Crippen LogP) is 3.52. The Bertz CT molecular complexity index is 809. The molecule has 5 nitrogen and oxygen atoms in total. The molecule has 0 unspecified atom stereocenters. The van der Waals surface area contributed by atoms with Crippen LogP contribution in [0.25, 0.3) is 11.3 Å². The van der Waals surface area contributed by atoms with Crippen LogP contribution in [0.3, 0.4) is 0 Å². The average molecular weight is 307 g/mol. The van der Waals surface area contributed by atoms with Crippen LogP contribution < -0.4 is 15.8 Å². The lowest BCUT2D eigenvalue weighted by atomic mass is 10.1. The molecular formula is C18H17N3O2. The highest BCUT2D eigenvalue weighted by Gasteiger charge is 2.10. The fraction of sp³-hybridized carbons (Fsp3) is 0.0556. The number of hydrogen-bond donors (Lipinski definition) is 3. The van der Waals surface area contributed by atoms with Gasteiger partial charge in [0.25, 0.3) is 5.91 Å². The molecule has 2 aromatic carbocycles. The topological polar surface area (TPSA) is 80.1 Å². The highest BCUT2D eigenvalue weighted by Crippen LogP contribution is 2.26. The van der Waals surface area contributed by atoms with Gasteiger partial charge >= 0.3 is 0 Å². The Hall–Kier alpha value is -3.21. The quantitative estimate of drug-likeness (QED) is 0.645. The van der Waals surface area contributed by atoms with E-state index >= 15 is 0 Å². The van der Waals surface area contributed by atoms with E-state index in [0.717, 1.165) is 11.3 Å². The number of rotatable bonds is 4. The summed E-state index contributed by atoms with van der Waals surface area (Å²) < 4.78 is 5.09. The molecule has 1 heterocycles. The molecule has 0 saturated carbocycles. The largest absolute Gasteiger partial charge is 0.497 e. The van der Waals surface area contributed by atoms with Gasteiger partial charge in [-0.3, -0.25) is 4.79 Å². The van der Waals surface area contributed by atoms with Gasteiger partial charge in [0.15, 0.2) is 0 Å². The monoisotopic (exact) mass is 307 g/mol. The van der Waals surface area contributed by atoms with Gasteiger partial charge in [0.05, 0.1) is 18.5 Å². The first-order chi connectivity index (χ1) is 11.2. The Morgan fingerprint density at radius 1 is 1.13 bits per heavy atom. The Labute approximate surface area is 134 Å². The number of methoxy groups -OCH3 is 1. The Morgan fingerprint density at radius 2 is 1.91 bits per heavy atom. The number of nitrogens with one attached hydrogen (secondary N) is 2. The first-order valence-corrected chi connectivity index (χ1v) is 7.16. The molecule has 3 rings (SSSR count). The molecule has 5 heteroatoms. The van der Waals surface area contributed by atoms with Crippen LogP contribution in [0.4, 0.5) is 11.4 Å². The number of nitrogen functional groups attached to an aromatic ring is 1. The minimum absolute atomic E-state index is 0.219. The number of carbonyl (C=O) groups excluding carboxylic acids is 1. The van der Waals surface area contributed by atoms with E-state index in [2.05, 4.69) is 10.3 Å². The average Bonchev–Trinajstić information content (AvgIpc) is 3.11. The summed E-state index contributed by atoms with van der Waals surface area (Å²) in [6, 6.07) is 16.3. The lowest BCUT2D eigenvalue weighted by Gasteiger charge is -2.10. The Kier molecular flexibility index (Phi) is 4.01. The Morgan fingerprint density at radius 3 is 2.57 bits per heavy atom. The van der Waals surface area contributed by atoms with Gasteiger partial charge < -0.3 is 20.8 Å². The van der Waals surface area contributed by atoms with E-state index in [1.807, 2.05) is 30.5 Å². The van der Waals surface area contributed by atoms with Crippen molar-refractivity contribution >= 4 is 17.3 Å². The van der Waals surface area contributed by atoms with E-state index < -0.39 is 0 Å². The fourth-order valence-electron chi connectivity index (χ4n) is 2.28. The number of benzene rings is 2. The van der Waals surface area contributed by atoms with Crippen LogP contribution in [0.15, 0.2) is 60.8 Å². The van der Waals surface area contributed by atoms with Gasteiger partial charge in [-0.25, -0.2) is 0 Å². The van der Waals surface area contributed by atoms with Crippen molar-refractivity contribution in [1.82, 2.24) is 4.98 Å². The first-order valence-electron chi connectivity index (χ1n) is 7.16. The van der Waals surface area contributed by atoms with Gasteiger partial charge in [-0.1, -0.05) is 6.07 Å². The van der Waals surface area contributed by atoms with Crippen molar-refractivity contribution < 1.29 is 9.53 Å². The summed E-state index contributed by atoms with van der Waals surface area (Å²) >= 11 is 0. The van der Waals surface area contributed by atoms with Crippen LogP contribution in [0.1, 0.15) is 10.4 Å². The zero-order chi connectivity index (χ0) is 16.2. The Balaban J connectivity index is 1.83. The molecule has 23 heavy (non-hydrogen) atoms. The maximum absolute atomic E-state index is 12.3. The molecule has 4 N–H and O–H groups in total. The number of H-pyrrole nitrogens is 1. The van der Waals surface area contributed by atoms with E-state index in [4.69, 9.17) is 10.5 Å². The van der Waals surface area contributed by atoms with Gasteiger partial charge in [-0.2, -0.15) is 0 Å².